The molecular weight excluding hydrogens is 146 g/mol. The molecule has 1 unspecified atom stereocenters. The van der Waals surface area contributed by atoms with E-state index in [2.05, 4.69) is 19.2 Å². The average molecular weight is 171 g/mol. The lowest BCUT2D eigenvalue weighted by Gasteiger charge is -2.09. The molecule has 74 valence electrons. The Morgan fingerprint density at radius 1 is 1.08 bits per heavy atom. The highest BCUT2D eigenvalue weighted by atomic mass is 14.8. The summed E-state index contributed by atoms with van der Waals surface area (Å²) in [6.07, 6.45) is 8.34. The van der Waals surface area contributed by atoms with Gasteiger partial charge in [-0.3, -0.25) is 0 Å². The van der Waals surface area contributed by atoms with Gasteiger partial charge in [0.2, 0.25) is 0 Å². The topological polar surface area (TPSA) is 12.0 Å². The molecule has 0 rings (SSSR count). The predicted octanol–water partition coefficient (Wildman–Crippen LogP) is 3.20. The monoisotopic (exact) mass is 171 g/mol. The highest BCUT2D eigenvalue weighted by Crippen LogP contribution is 2.14. The van der Waals surface area contributed by atoms with Gasteiger partial charge in [-0.25, -0.2) is 0 Å². The van der Waals surface area contributed by atoms with Gasteiger partial charge in [0.1, 0.15) is 0 Å². The molecule has 0 aliphatic carbocycles. The summed E-state index contributed by atoms with van der Waals surface area (Å²) < 4.78 is 0. The summed E-state index contributed by atoms with van der Waals surface area (Å²) in [7, 11) is 2.03. The summed E-state index contributed by atoms with van der Waals surface area (Å²) in [6, 6.07) is 0. The molecule has 1 nitrogen and oxygen atoms in total. The molecule has 0 aromatic heterocycles. The van der Waals surface area contributed by atoms with E-state index >= 15 is 0 Å². The zero-order valence-corrected chi connectivity index (χ0v) is 9.03. The summed E-state index contributed by atoms with van der Waals surface area (Å²) in [5.74, 6) is 0.946. The van der Waals surface area contributed by atoms with Crippen molar-refractivity contribution in [3.05, 3.63) is 0 Å². The van der Waals surface area contributed by atoms with Crippen molar-refractivity contribution in [1.29, 1.82) is 0 Å². The molecule has 1 heteroatoms. The van der Waals surface area contributed by atoms with Gasteiger partial charge in [0.05, 0.1) is 0 Å². The van der Waals surface area contributed by atoms with Crippen LogP contribution >= 0.6 is 0 Å². The summed E-state index contributed by atoms with van der Waals surface area (Å²) in [4.78, 5) is 0. The molecule has 0 saturated heterocycles. The first-order chi connectivity index (χ1) is 5.81. The largest absolute Gasteiger partial charge is 0.320 e. The Balaban J connectivity index is 3.02. The smallest absolute Gasteiger partial charge is 0.00519 e. The first-order valence-corrected chi connectivity index (χ1v) is 5.45. The third-order valence-corrected chi connectivity index (χ3v) is 2.42. The summed E-state index contributed by atoms with van der Waals surface area (Å²) in [5.41, 5.74) is 0. The van der Waals surface area contributed by atoms with Crippen LogP contribution in [0, 0.1) is 5.92 Å². The van der Waals surface area contributed by atoms with Gasteiger partial charge in [-0.05, 0) is 25.9 Å². The fourth-order valence-electron chi connectivity index (χ4n) is 1.49. The van der Waals surface area contributed by atoms with E-state index in [9.17, 15) is 0 Å². The Kier molecular flexibility index (Phi) is 9.02. The van der Waals surface area contributed by atoms with Crippen LogP contribution in [0.2, 0.25) is 0 Å². The molecule has 0 radical (unpaired) electrons. The van der Waals surface area contributed by atoms with Crippen LogP contribution < -0.4 is 5.32 Å². The second-order valence-corrected chi connectivity index (χ2v) is 3.85. The van der Waals surface area contributed by atoms with Crippen LogP contribution in [0.15, 0.2) is 0 Å². The van der Waals surface area contributed by atoms with Gasteiger partial charge in [0, 0.05) is 0 Å². The van der Waals surface area contributed by atoms with E-state index in [1.807, 2.05) is 7.05 Å². The van der Waals surface area contributed by atoms with Gasteiger partial charge >= 0.3 is 0 Å². The molecule has 0 fully saturated rings. The fraction of sp³-hybridized carbons (Fsp3) is 1.00. The minimum Gasteiger partial charge on any atom is -0.320 e. The Morgan fingerprint density at radius 3 is 2.33 bits per heavy atom. The van der Waals surface area contributed by atoms with Crippen LogP contribution in [0.3, 0.4) is 0 Å². The summed E-state index contributed by atoms with van der Waals surface area (Å²) >= 11 is 0. The third-order valence-electron chi connectivity index (χ3n) is 2.42. The van der Waals surface area contributed by atoms with Crippen molar-refractivity contribution in [2.24, 2.45) is 5.92 Å². The molecule has 1 atom stereocenters. The van der Waals surface area contributed by atoms with Crippen LogP contribution in [-0.2, 0) is 0 Å². The molecule has 0 aromatic carbocycles. The van der Waals surface area contributed by atoms with E-state index < -0.39 is 0 Å². The van der Waals surface area contributed by atoms with Gasteiger partial charge in [-0.1, -0.05) is 46.0 Å². The van der Waals surface area contributed by atoms with Crippen molar-refractivity contribution >= 4 is 0 Å². The second-order valence-electron chi connectivity index (χ2n) is 3.85. The van der Waals surface area contributed by atoms with Crippen molar-refractivity contribution in [2.45, 2.75) is 52.4 Å². The highest BCUT2D eigenvalue weighted by molar-refractivity contribution is 4.54. The number of hydrogen-bond acceptors (Lipinski definition) is 1. The maximum absolute atomic E-state index is 3.18. The molecule has 1 N–H and O–H groups in total. The number of unbranched alkanes of at least 4 members (excludes halogenated alkanes) is 2. The van der Waals surface area contributed by atoms with Gasteiger partial charge in [0.25, 0.3) is 0 Å². The maximum Gasteiger partial charge on any atom is -0.00519 e. The Labute approximate surface area is 77.9 Å². The molecule has 12 heavy (non-hydrogen) atoms. The van der Waals surface area contributed by atoms with Crippen molar-refractivity contribution in [3.63, 3.8) is 0 Å². The van der Waals surface area contributed by atoms with Crippen LogP contribution in [-0.4, -0.2) is 13.6 Å². The molecule has 0 bridgehead atoms. The fourth-order valence-corrected chi connectivity index (χ4v) is 1.49. The van der Waals surface area contributed by atoms with E-state index in [-0.39, 0.29) is 0 Å². The predicted molar refractivity (Wildman–Crippen MR) is 56.5 cm³/mol. The Morgan fingerprint density at radius 2 is 1.75 bits per heavy atom. The van der Waals surface area contributed by atoms with Crippen LogP contribution in [0.25, 0.3) is 0 Å². The van der Waals surface area contributed by atoms with E-state index in [0.717, 1.165) is 5.92 Å². The lowest BCUT2D eigenvalue weighted by Crippen LogP contribution is -2.07. The van der Waals surface area contributed by atoms with Gasteiger partial charge in [-0.2, -0.15) is 0 Å². The van der Waals surface area contributed by atoms with Crippen molar-refractivity contribution in [1.82, 2.24) is 5.32 Å². The molecule has 0 aliphatic heterocycles. The highest BCUT2D eigenvalue weighted by Gasteiger charge is 1.99. The summed E-state index contributed by atoms with van der Waals surface area (Å²) in [6.45, 7) is 5.84. The lowest BCUT2D eigenvalue weighted by molar-refractivity contribution is 0.447. The second kappa shape index (κ2) is 9.05. The third kappa shape index (κ3) is 8.06. The quantitative estimate of drug-likeness (QED) is 0.553. The summed E-state index contributed by atoms with van der Waals surface area (Å²) in [5, 5.41) is 3.18. The van der Waals surface area contributed by atoms with Crippen LogP contribution in [0.1, 0.15) is 52.4 Å². The lowest BCUT2D eigenvalue weighted by atomic mass is 9.98. The van der Waals surface area contributed by atoms with Crippen molar-refractivity contribution in [2.75, 3.05) is 13.6 Å². The molecule has 0 amide bonds. The molecule has 0 aromatic rings. The Hall–Kier alpha value is -0.0400. The first-order valence-electron chi connectivity index (χ1n) is 5.45. The molecule has 0 aliphatic rings. The average Bonchev–Trinajstić information content (AvgIpc) is 2.09. The maximum atomic E-state index is 3.18. The molecule has 0 heterocycles. The molecule has 0 spiro atoms. The van der Waals surface area contributed by atoms with Crippen LogP contribution in [0.4, 0.5) is 0 Å². The van der Waals surface area contributed by atoms with E-state index in [0.29, 0.717) is 0 Å². The van der Waals surface area contributed by atoms with Crippen LogP contribution in [0.5, 0.6) is 0 Å². The standard InChI is InChI=1S/C11H25N/c1-4-5-8-11(2)9-6-7-10-12-3/h11-12H,4-10H2,1-3H3. The van der Waals surface area contributed by atoms with E-state index in [1.54, 1.807) is 0 Å². The van der Waals surface area contributed by atoms with Gasteiger partial charge < -0.3 is 5.32 Å². The minimum absolute atomic E-state index is 0.946. The Bertz CT molecular complexity index is 81.1. The number of hydrogen-bond donors (Lipinski definition) is 1. The van der Waals surface area contributed by atoms with Gasteiger partial charge in [0.15, 0.2) is 0 Å². The van der Waals surface area contributed by atoms with E-state index in [1.165, 1.54) is 45.1 Å². The number of nitrogens with one attached hydrogen (secondary N) is 1. The normalized spacial score (nSPS) is 13.2. The zero-order valence-electron chi connectivity index (χ0n) is 9.03. The van der Waals surface area contributed by atoms with Crippen molar-refractivity contribution < 1.29 is 0 Å². The van der Waals surface area contributed by atoms with Gasteiger partial charge in [-0.15, -0.1) is 0 Å². The molecule has 0 saturated carbocycles. The van der Waals surface area contributed by atoms with Crippen molar-refractivity contribution in [3.8, 4) is 0 Å². The zero-order chi connectivity index (χ0) is 9.23. The van der Waals surface area contributed by atoms with E-state index in [4.69, 9.17) is 0 Å². The molecular formula is C11H25N. The minimum atomic E-state index is 0.946. The number of rotatable bonds is 8. The SMILES string of the molecule is CCCCC(C)CCCCNC. The first kappa shape index (κ1) is 12.0.